The van der Waals surface area contributed by atoms with Crippen molar-refractivity contribution < 1.29 is 13.6 Å². The number of nitrogens with zero attached hydrogens (tertiary/aromatic N) is 4. The molecule has 0 radical (unpaired) electrons. The quantitative estimate of drug-likeness (QED) is 0.691. The number of carbonyl (C=O) groups is 1. The first-order valence-electron chi connectivity index (χ1n) is 8.77. The molecule has 0 aliphatic heterocycles. The molecule has 7 heteroatoms. The van der Waals surface area contributed by atoms with Crippen molar-refractivity contribution in [3.8, 4) is 5.69 Å². The molecular formula is C20H18F2N4O. The molecule has 0 bridgehead atoms. The molecule has 1 aromatic heterocycles. The fourth-order valence-electron chi connectivity index (χ4n) is 3.06. The van der Waals surface area contributed by atoms with Gasteiger partial charge < -0.3 is 4.90 Å². The van der Waals surface area contributed by atoms with Gasteiger partial charge >= 0.3 is 0 Å². The maximum atomic E-state index is 14.1. The Labute approximate surface area is 155 Å². The lowest BCUT2D eigenvalue weighted by Crippen LogP contribution is -2.33. The van der Waals surface area contributed by atoms with Crippen LogP contribution in [0.1, 0.15) is 34.6 Å². The van der Waals surface area contributed by atoms with E-state index in [0.717, 1.165) is 24.6 Å². The lowest BCUT2D eigenvalue weighted by atomic mass is 10.1. The Hall–Kier alpha value is -3.09. The van der Waals surface area contributed by atoms with Crippen molar-refractivity contribution in [2.75, 3.05) is 0 Å². The number of hydrogen-bond acceptors (Lipinski definition) is 3. The summed E-state index contributed by atoms with van der Waals surface area (Å²) in [6.07, 6.45) is 1.72. The van der Waals surface area contributed by atoms with Crippen molar-refractivity contribution in [1.82, 2.24) is 19.9 Å². The predicted molar refractivity (Wildman–Crippen MR) is 95.3 cm³/mol. The molecule has 0 unspecified atom stereocenters. The Morgan fingerprint density at radius 1 is 1.19 bits per heavy atom. The van der Waals surface area contributed by atoms with Crippen LogP contribution in [0.3, 0.4) is 0 Å². The molecule has 1 fully saturated rings. The van der Waals surface area contributed by atoms with Gasteiger partial charge in [-0.25, -0.2) is 13.5 Å². The van der Waals surface area contributed by atoms with Crippen molar-refractivity contribution in [1.29, 1.82) is 0 Å². The minimum Gasteiger partial charge on any atom is -0.330 e. The van der Waals surface area contributed by atoms with E-state index in [1.165, 1.54) is 12.1 Å². The van der Waals surface area contributed by atoms with Crippen molar-refractivity contribution >= 4 is 5.91 Å². The van der Waals surface area contributed by atoms with E-state index in [1.54, 1.807) is 16.5 Å². The van der Waals surface area contributed by atoms with Gasteiger partial charge in [0.2, 0.25) is 0 Å². The summed E-state index contributed by atoms with van der Waals surface area (Å²) in [4.78, 5) is 14.7. The zero-order chi connectivity index (χ0) is 19.0. The molecule has 0 spiro atoms. The van der Waals surface area contributed by atoms with Gasteiger partial charge in [0.15, 0.2) is 5.69 Å². The zero-order valence-corrected chi connectivity index (χ0v) is 14.8. The lowest BCUT2D eigenvalue weighted by molar-refractivity contribution is 0.0721. The minimum absolute atomic E-state index is 0.0447. The number of para-hydroxylation sites is 1. The molecule has 1 saturated carbocycles. The highest BCUT2D eigenvalue weighted by Gasteiger charge is 2.35. The van der Waals surface area contributed by atoms with Gasteiger partial charge in [-0.15, -0.1) is 5.10 Å². The monoisotopic (exact) mass is 368 g/mol. The van der Waals surface area contributed by atoms with Gasteiger partial charge in [0.05, 0.1) is 11.4 Å². The van der Waals surface area contributed by atoms with E-state index < -0.39 is 11.6 Å². The minimum atomic E-state index is -0.655. The predicted octanol–water partition coefficient (Wildman–Crippen LogP) is 3.66. The van der Waals surface area contributed by atoms with Crippen LogP contribution in [0.4, 0.5) is 8.78 Å². The second-order valence-corrected chi connectivity index (χ2v) is 6.67. The van der Waals surface area contributed by atoms with Gasteiger partial charge in [-0.2, -0.15) is 0 Å². The number of benzene rings is 2. The molecule has 4 rings (SSSR count). The maximum Gasteiger partial charge on any atom is 0.276 e. The normalized spacial score (nSPS) is 13.6. The molecule has 0 saturated heterocycles. The van der Waals surface area contributed by atoms with E-state index in [-0.39, 0.29) is 29.8 Å². The molecule has 5 nitrogen and oxygen atoms in total. The number of aromatic nitrogens is 3. The Kier molecular flexibility index (Phi) is 4.43. The van der Waals surface area contributed by atoms with Gasteiger partial charge in [0, 0.05) is 24.2 Å². The van der Waals surface area contributed by atoms with Crippen LogP contribution in [0.25, 0.3) is 5.69 Å². The van der Waals surface area contributed by atoms with Crippen molar-refractivity contribution in [3.05, 3.63) is 77.1 Å². The lowest BCUT2D eigenvalue weighted by Gasteiger charge is -2.22. The zero-order valence-electron chi connectivity index (χ0n) is 14.8. The Morgan fingerprint density at radius 2 is 1.93 bits per heavy atom. The fourth-order valence-corrected chi connectivity index (χ4v) is 3.06. The standard InChI is InChI=1S/C20H18F2N4O/c1-13-19(23-24-26(13)17-5-3-2-4-6-17)20(27)25(16-9-10-16)12-14-7-8-15(21)11-18(14)22/h2-8,11,16H,9-10,12H2,1H3. The number of rotatable bonds is 5. The van der Waals surface area contributed by atoms with Gasteiger partial charge in [0.25, 0.3) is 5.91 Å². The molecule has 3 aromatic rings. The summed E-state index contributed by atoms with van der Waals surface area (Å²) in [5, 5.41) is 8.17. The van der Waals surface area contributed by atoms with Crippen LogP contribution in [0, 0.1) is 18.6 Å². The summed E-state index contributed by atoms with van der Waals surface area (Å²) in [5.74, 6) is -1.58. The molecular weight excluding hydrogens is 350 g/mol. The topological polar surface area (TPSA) is 51.0 Å². The summed E-state index contributed by atoms with van der Waals surface area (Å²) in [5.41, 5.74) is 1.96. The third-order valence-electron chi connectivity index (χ3n) is 4.70. The van der Waals surface area contributed by atoms with Gasteiger partial charge in [-0.1, -0.05) is 29.5 Å². The molecule has 1 aliphatic carbocycles. The van der Waals surface area contributed by atoms with Gasteiger partial charge in [-0.3, -0.25) is 4.79 Å². The van der Waals surface area contributed by atoms with Crippen LogP contribution in [0.15, 0.2) is 48.5 Å². The summed E-state index contributed by atoms with van der Waals surface area (Å²) >= 11 is 0. The molecule has 27 heavy (non-hydrogen) atoms. The Morgan fingerprint density at radius 3 is 2.59 bits per heavy atom. The van der Waals surface area contributed by atoms with Crippen LogP contribution >= 0.6 is 0 Å². The van der Waals surface area contributed by atoms with Crippen molar-refractivity contribution in [2.24, 2.45) is 0 Å². The van der Waals surface area contributed by atoms with E-state index >= 15 is 0 Å². The summed E-state index contributed by atoms with van der Waals surface area (Å²) < 4.78 is 28.8. The third-order valence-corrected chi connectivity index (χ3v) is 4.70. The van der Waals surface area contributed by atoms with E-state index in [4.69, 9.17) is 0 Å². The first-order chi connectivity index (χ1) is 13.0. The molecule has 1 heterocycles. The van der Waals surface area contributed by atoms with Gasteiger partial charge in [-0.05, 0) is 38.0 Å². The van der Waals surface area contributed by atoms with Crippen LogP contribution in [-0.2, 0) is 6.54 Å². The summed E-state index contributed by atoms with van der Waals surface area (Å²) in [6.45, 7) is 1.86. The Balaban J connectivity index is 1.63. The first-order valence-corrected chi connectivity index (χ1v) is 8.77. The van der Waals surface area contributed by atoms with E-state index in [9.17, 15) is 13.6 Å². The third kappa shape index (κ3) is 3.45. The fraction of sp³-hybridized carbons (Fsp3) is 0.250. The smallest absolute Gasteiger partial charge is 0.276 e. The molecule has 0 atom stereocenters. The maximum absolute atomic E-state index is 14.1. The molecule has 1 aliphatic rings. The Bertz CT molecular complexity index is 983. The van der Waals surface area contributed by atoms with Crippen LogP contribution in [-0.4, -0.2) is 31.8 Å². The highest BCUT2D eigenvalue weighted by molar-refractivity contribution is 5.93. The van der Waals surface area contributed by atoms with E-state index in [0.29, 0.717) is 5.69 Å². The largest absolute Gasteiger partial charge is 0.330 e. The van der Waals surface area contributed by atoms with Crippen LogP contribution < -0.4 is 0 Å². The number of amides is 1. The number of carbonyl (C=O) groups excluding carboxylic acids is 1. The van der Waals surface area contributed by atoms with Crippen molar-refractivity contribution in [3.63, 3.8) is 0 Å². The molecule has 1 amide bonds. The average molecular weight is 368 g/mol. The van der Waals surface area contributed by atoms with Crippen molar-refractivity contribution in [2.45, 2.75) is 32.4 Å². The van der Waals surface area contributed by atoms with Crippen LogP contribution in [0.2, 0.25) is 0 Å². The SMILES string of the molecule is Cc1c(C(=O)N(Cc2ccc(F)cc2F)C2CC2)nnn1-c1ccccc1. The second-order valence-electron chi connectivity index (χ2n) is 6.67. The molecule has 0 N–H and O–H groups in total. The number of halogens is 2. The molecule has 138 valence electrons. The molecule has 2 aromatic carbocycles. The summed E-state index contributed by atoms with van der Waals surface area (Å²) in [6, 6.07) is 12.9. The highest BCUT2D eigenvalue weighted by atomic mass is 19.1. The second kappa shape index (κ2) is 6.90. The van der Waals surface area contributed by atoms with E-state index in [2.05, 4.69) is 10.3 Å². The van der Waals surface area contributed by atoms with Crippen LogP contribution in [0.5, 0.6) is 0 Å². The van der Waals surface area contributed by atoms with Gasteiger partial charge in [0.1, 0.15) is 11.6 Å². The summed E-state index contributed by atoms with van der Waals surface area (Å²) in [7, 11) is 0. The highest BCUT2D eigenvalue weighted by Crippen LogP contribution is 2.30. The van der Waals surface area contributed by atoms with E-state index in [1.807, 2.05) is 30.3 Å². The average Bonchev–Trinajstić information content (AvgIpc) is 3.43. The first kappa shape index (κ1) is 17.3. The number of hydrogen-bond donors (Lipinski definition) is 0.